The number of aryl methyl sites for hydroxylation is 1. The van der Waals surface area contributed by atoms with Crippen LogP contribution < -0.4 is 0 Å². The molecule has 0 spiro atoms. The minimum Gasteiger partial charge on any atom is -0.465 e. The van der Waals surface area contributed by atoms with Crippen LogP contribution in [0.4, 0.5) is 0 Å². The molecule has 0 aliphatic heterocycles. The number of ether oxygens (including phenoxy) is 2. The van der Waals surface area contributed by atoms with Crippen molar-refractivity contribution < 1.29 is 19.1 Å². The number of methoxy groups -OCH3 is 2. The van der Waals surface area contributed by atoms with Gasteiger partial charge in [-0.3, -0.25) is 0 Å². The Labute approximate surface area is 196 Å². The molecule has 5 heteroatoms. The van der Waals surface area contributed by atoms with Crippen LogP contribution in [0.3, 0.4) is 0 Å². The molecular weight excluding hydrogens is 414 g/mol. The molecule has 0 saturated carbocycles. The summed E-state index contributed by atoms with van der Waals surface area (Å²) in [5.74, 6) is -1.11. The summed E-state index contributed by atoms with van der Waals surface area (Å²) >= 11 is 0. The highest BCUT2D eigenvalue weighted by atomic mass is 16.5. The van der Waals surface area contributed by atoms with E-state index in [1.165, 1.54) is 27.1 Å². The number of benzene rings is 2. The summed E-state index contributed by atoms with van der Waals surface area (Å²) in [5.41, 5.74) is 4.91. The second kappa shape index (κ2) is 11.5. The fourth-order valence-corrected chi connectivity index (χ4v) is 4.24. The Hall–Kier alpha value is -3.34. The third-order valence-electron chi connectivity index (χ3n) is 5.91. The highest BCUT2D eigenvalue weighted by molar-refractivity contribution is 6.08. The normalized spacial score (nSPS) is 10.8. The van der Waals surface area contributed by atoms with Crippen LogP contribution in [0, 0.1) is 6.92 Å². The summed E-state index contributed by atoms with van der Waals surface area (Å²) in [5, 5.41) is 0. The lowest BCUT2D eigenvalue weighted by atomic mass is 9.97. The van der Waals surface area contributed by atoms with Gasteiger partial charge in [-0.2, -0.15) is 0 Å². The summed E-state index contributed by atoms with van der Waals surface area (Å²) in [4.78, 5) is 26.1. The third-order valence-corrected chi connectivity index (χ3v) is 5.91. The SMILES string of the molecule is CCCCCCCc1c(-c2ccccc2)c(C(=O)OC)c(C(=O)OC)n1-c1ccc(C)cc1. The number of aromatic nitrogens is 1. The first-order valence-corrected chi connectivity index (χ1v) is 11.6. The van der Waals surface area contributed by atoms with Gasteiger partial charge in [-0.15, -0.1) is 0 Å². The highest BCUT2D eigenvalue weighted by Gasteiger charge is 2.33. The molecule has 3 rings (SSSR count). The first-order valence-electron chi connectivity index (χ1n) is 11.6. The van der Waals surface area contributed by atoms with E-state index in [1.54, 1.807) is 0 Å². The van der Waals surface area contributed by atoms with Crippen molar-refractivity contribution in [2.24, 2.45) is 0 Å². The molecule has 2 aromatic carbocycles. The molecule has 5 nitrogen and oxygen atoms in total. The van der Waals surface area contributed by atoms with E-state index in [-0.39, 0.29) is 11.3 Å². The van der Waals surface area contributed by atoms with Gasteiger partial charge >= 0.3 is 11.9 Å². The van der Waals surface area contributed by atoms with Gasteiger partial charge < -0.3 is 14.0 Å². The van der Waals surface area contributed by atoms with Crippen molar-refractivity contribution in [2.75, 3.05) is 14.2 Å². The molecule has 1 heterocycles. The van der Waals surface area contributed by atoms with Gasteiger partial charge in [0.1, 0.15) is 11.3 Å². The van der Waals surface area contributed by atoms with Gasteiger partial charge in [0.05, 0.1) is 14.2 Å². The number of nitrogens with zero attached hydrogens (tertiary/aromatic N) is 1. The quantitative estimate of drug-likeness (QED) is 0.262. The zero-order chi connectivity index (χ0) is 23.8. The Bertz CT molecular complexity index is 1080. The van der Waals surface area contributed by atoms with Gasteiger partial charge in [0, 0.05) is 16.9 Å². The Morgan fingerprint density at radius 3 is 2.06 bits per heavy atom. The second-order valence-corrected chi connectivity index (χ2v) is 8.23. The molecule has 0 N–H and O–H groups in total. The van der Waals surface area contributed by atoms with Crippen molar-refractivity contribution in [1.29, 1.82) is 0 Å². The van der Waals surface area contributed by atoms with Gasteiger partial charge in [-0.25, -0.2) is 9.59 Å². The number of hydrogen-bond donors (Lipinski definition) is 0. The van der Waals surface area contributed by atoms with Gasteiger partial charge in [0.25, 0.3) is 0 Å². The molecule has 0 fully saturated rings. The summed E-state index contributed by atoms with van der Waals surface area (Å²) < 4.78 is 12.2. The molecule has 0 aliphatic carbocycles. The lowest BCUT2D eigenvalue weighted by Crippen LogP contribution is -2.15. The smallest absolute Gasteiger partial charge is 0.355 e. The molecule has 1 aromatic heterocycles. The van der Waals surface area contributed by atoms with E-state index in [1.807, 2.05) is 66.1 Å². The molecule has 0 amide bonds. The number of rotatable bonds is 10. The van der Waals surface area contributed by atoms with Crippen molar-refractivity contribution in [3.05, 3.63) is 77.1 Å². The lowest BCUT2D eigenvalue weighted by molar-refractivity contribution is 0.0550. The van der Waals surface area contributed by atoms with Crippen LogP contribution in [0.2, 0.25) is 0 Å². The monoisotopic (exact) mass is 447 g/mol. The average molecular weight is 448 g/mol. The highest BCUT2D eigenvalue weighted by Crippen LogP contribution is 2.37. The standard InChI is InChI=1S/C28H33NO4/c1-5-6-7-8-12-15-23-24(21-13-10-9-11-14-21)25(27(30)32-3)26(28(31)33-4)29(23)22-18-16-20(2)17-19-22/h9-11,13-14,16-19H,5-8,12,15H2,1-4H3. The summed E-state index contributed by atoms with van der Waals surface area (Å²) in [7, 11) is 2.67. The van der Waals surface area contributed by atoms with Gasteiger partial charge in [0.15, 0.2) is 0 Å². The maximum atomic E-state index is 13.1. The number of carbonyl (C=O) groups excluding carboxylic acids is 2. The van der Waals surface area contributed by atoms with Crippen molar-refractivity contribution in [2.45, 2.75) is 52.4 Å². The van der Waals surface area contributed by atoms with E-state index in [9.17, 15) is 9.59 Å². The zero-order valence-electron chi connectivity index (χ0n) is 20.0. The van der Waals surface area contributed by atoms with Gasteiger partial charge in [0.2, 0.25) is 0 Å². The van der Waals surface area contributed by atoms with Crippen LogP contribution in [0.25, 0.3) is 16.8 Å². The molecule has 0 saturated heterocycles. The molecule has 0 bridgehead atoms. The Morgan fingerprint density at radius 1 is 0.818 bits per heavy atom. The molecular formula is C28H33NO4. The summed E-state index contributed by atoms with van der Waals surface area (Å²) in [6, 6.07) is 17.7. The maximum absolute atomic E-state index is 13.1. The third kappa shape index (κ3) is 5.36. The average Bonchev–Trinajstić information content (AvgIpc) is 3.19. The molecule has 0 unspecified atom stereocenters. The molecule has 0 atom stereocenters. The van der Waals surface area contributed by atoms with Crippen LogP contribution in [0.5, 0.6) is 0 Å². The predicted octanol–water partition coefficient (Wildman–Crippen LogP) is 6.54. The van der Waals surface area contributed by atoms with Crippen molar-refractivity contribution >= 4 is 11.9 Å². The van der Waals surface area contributed by atoms with Crippen LogP contribution in [-0.4, -0.2) is 30.7 Å². The van der Waals surface area contributed by atoms with E-state index in [0.29, 0.717) is 0 Å². The summed E-state index contributed by atoms with van der Waals surface area (Å²) in [6.07, 6.45) is 6.30. The molecule has 3 aromatic rings. The van der Waals surface area contributed by atoms with Crippen LogP contribution in [0.1, 0.15) is 71.1 Å². The van der Waals surface area contributed by atoms with E-state index < -0.39 is 11.9 Å². The van der Waals surface area contributed by atoms with Crippen molar-refractivity contribution in [1.82, 2.24) is 4.57 Å². The fraction of sp³-hybridized carbons (Fsp3) is 0.357. The topological polar surface area (TPSA) is 57.5 Å². The molecule has 174 valence electrons. The maximum Gasteiger partial charge on any atom is 0.355 e. The van der Waals surface area contributed by atoms with E-state index in [4.69, 9.17) is 9.47 Å². The molecule has 33 heavy (non-hydrogen) atoms. The minimum absolute atomic E-state index is 0.204. The number of unbranched alkanes of at least 4 members (excludes halogenated alkanes) is 4. The van der Waals surface area contributed by atoms with E-state index in [0.717, 1.165) is 53.8 Å². The lowest BCUT2D eigenvalue weighted by Gasteiger charge is -2.14. The number of carbonyl (C=O) groups is 2. The van der Waals surface area contributed by atoms with Crippen molar-refractivity contribution in [3.63, 3.8) is 0 Å². The first kappa shape index (κ1) is 24.3. The van der Waals surface area contributed by atoms with Crippen LogP contribution in [-0.2, 0) is 15.9 Å². The Morgan fingerprint density at radius 2 is 1.45 bits per heavy atom. The largest absolute Gasteiger partial charge is 0.465 e. The zero-order valence-corrected chi connectivity index (χ0v) is 20.0. The van der Waals surface area contributed by atoms with Crippen LogP contribution >= 0.6 is 0 Å². The van der Waals surface area contributed by atoms with E-state index >= 15 is 0 Å². The molecule has 0 aliphatic rings. The van der Waals surface area contributed by atoms with Gasteiger partial charge in [-0.05, 0) is 37.5 Å². The first-order chi connectivity index (χ1) is 16.0. The predicted molar refractivity (Wildman–Crippen MR) is 131 cm³/mol. The van der Waals surface area contributed by atoms with Gasteiger partial charge in [-0.1, -0.05) is 80.6 Å². The van der Waals surface area contributed by atoms with E-state index in [2.05, 4.69) is 6.92 Å². The fourth-order valence-electron chi connectivity index (χ4n) is 4.24. The number of esters is 2. The molecule has 0 radical (unpaired) electrons. The second-order valence-electron chi connectivity index (χ2n) is 8.23. The Balaban J connectivity index is 2.31. The summed E-state index contributed by atoms with van der Waals surface area (Å²) in [6.45, 7) is 4.21. The minimum atomic E-state index is -0.564. The Kier molecular flexibility index (Phi) is 8.47. The van der Waals surface area contributed by atoms with Crippen molar-refractivity contribution in [3.8, 4) is 16.8 Å². The van der Waals surface area contributed by atoms with Crippen LogP contribution in [0.15, 0.2) is 54.6 Å². The number of hydrogen-bond acceptors (Lipinski definition) is 4.